The van der Waals surface area contributed by atoms with Gasteiger partial charge in [-0.2, -0.15) is 0 Å². The van der Waals surface area contributed by atoms with E-state index < -0.39 is 6.04 Å². The lowest BCUT2D eigenvalue weighted by Gasteiger charge is -2.15. The standard InChI is InChI=1S/C16H19N3OS/c1-10-7-8-12-13(9-10)21-16(18-12)19-15(20)14(17)11-5-3-2-4-6-11/h2-6,10,14H,7-9,17H2,1H3,(H,18,19,20). The number of carbonyl (C=O) groups excluding carboxylic acids is 1. The summed E-state index contributed by atoms with van der Waals surface area (Å²) >= 11 is 1.58. The third kappa shape index (κ3) is 3.14. The number of nitrogens with zero attached hydrogens (tertiary/aromatic N) is 1. The molecule has 4 nitrogen and oxygen atoms in total. The summed E-state index contributed by atoms with van der Waals surface area (Å²) in [7, 11) is 0. The lowest BCUT2D eigenvalue weighted by Crippen LogP contribution is -2.27. The summed E-state index contributed by atoms with van der Waals surface area (Å²) in [6.07, 6.45) is 3.24. The van der Waals surface area contributed by atoms with Crippen molar-refractivity contribution in [1.82, 2.24) is 4.98 Å². The second-order valence-corrected chi connectivity index (χ2v) is 6.70. The van der Waals surface area contributed by atoms with Crippen LogP contribution >= 0.6 is 11.3 Å². The molecule has 0 bridgehead atoms. The minimum absolute atomic E-state index is 0.208. The Labute approximate surface area is 128 Å². The molecule has 2 unspecified atom stereocenters. The van der Waals surface area contributed by atoms with Crippen LogP contribution in [0.25, 0.3) is 0 Å². The Kier molecular flexibility index (Phi) is 4.03. The summed E-state index contributed by atoms with van der Waals surface area (Å²) < 4.78 is 0. The summed E-state index contributed by atoms with van der Waals surface area (Å²) in [6, 6.07) is 8.73. The molecule has 1 aromatic carbocycles. The van der Waals surface area contributed by atoms with Crippen molar-refractivity contribution in [3.63, 3.8) is 0 Å². The molecule has 3 N–H and O–H groups in total. The molecule has 5 heteroatoms. The van der Waals surface area contributed by atoms with Crippen molar-refractivity contribution >= 4 is 22.4 Å². The topological polar surface area (TPSA) is 68.0 Å². The highest BCUT2D eigenvalue weighted by atomic mass is 32.1. The van der Waals surface area contributed by atoms with Gasteiger partial charge in [-0.1, -0.05) is 37.3 Å². The number of fused-ring (bicyclic) bond motifs is 1. The Balaban J connectivity index is 1.71. The fourth-order valence-corrected chi connectivity index (χ4v) is 3.76. The van der Waals surface area contributed by atoms with Crippen molar-refractivity contribution in [2.45, 2.75) is 32.2 Å². The number of hydrogen-bond donors (Lipinski definition) is 2. The van der Waals surface area contributed by atoms with Crippen LogP contribution in [0.15, 0.2) is 30.3 Å². The summed E-state index contributed by atoms with van der Waals surface area (Å²) in [5.74, 6) is 0.494. The first-order valence-electron chi connectivity index (χ1n) is 7.23. The molecule has 21 heavy (non-hydrogen) atoms. The number of aryl methyl sites for hydroxylation is 1. The number of nitrogens with two attached hydrogens (primary N) is 1. The van der Waals surface area contributed by atoms with Crippen molar-refractivity contribution < 1.29 is 4.79 Å². The first-order chi connectivity index (χ1) is 10.1. The molecule has 110 valence electrons. The van der Waals surface area contributed by atoms with E-state index in [1.807, 2.05) is 30.3 Å². The zero-order valence-corrected chi connectivity index (χ0v) is 12.8. The van der Waals surface area contributed by atoms with Gasteiger partial charge in [0.15, 0.2) is 5.13 Å². The van der Waals surface area contributed by atoms with Gasteiger partial charge in [0.25, 0.3) is 0 Å². The normalized spacial score (nSPS) is 18.9. The van der Waals surface area contributed by atoms with Gasteiger partial charge in [0.1, 0.15) is 6.04 Å². The molecule has 1 aliphatic carbocycles. The molecule has 0 radical (unpaired) electrons. The van der Waals surface area contributed by atoms with Crippen molar-refractivity contribution in [1.29, 1.82) is 0 Å². The number of thiazole rings is 1. The molecular formula is C16H19N3OS. The predicted molar refractivity (Wildman–Crippen MR) is 85.3 cm³/mol. The lowest BCUT2D eigenvalue weighted by molar-refractivity contribution is -0.117. The van der Waals surface area contributed by atoms with Gasteiger partial charge in [0, 0.05) is 4.88 Å². The fourth-order valence-electron chi connectivity index (χ4n) is 2.59. The first-order valence-corrected chi connectivity index (χ1v) is 8.05. The number of benzene rings is 1. The molecule has 0 saturated heterocycles. The van der Waals surface area contributed by atoms with Crippen LogP contribution < -0.4 is 11.1 Å². The summed E-state index contributed by atoms with van der Waals surface area (Å²) in [5, 5.41) is 3.53. The van der Waals surface area contributed by atoms with Crippen molar-refractivity contribution in [3.8, 4) is 0 Å². The second kappa shape index (κ2) is 5.95. The second-order valence-electron chi connectivity index (χ2n) is 5.61. The number of amides is 1. The van der Waals surface area contributed by atoms with E-state index in [1.54, 1.807) is 11.3 Å². The molecule has 3 rings (SSSR count). The van der Waals surface area contributed by atoms with E-state index in [9.17, 15) is 4.79 Å². The summed E-state index contributed by atoms with van der Waals surface area (Å²) in [5.41, 5.74) is 7.95. The van der Waals surface area contributed by atoms with E-state index in [0.717, 1.165) is 24.1 Å². The van der Waals surface area contributed by atoms with E-state index in [4.69, 9.17) is 5.73 Å². The van der Waals surface area contributed by atoms with Crippen LogP contribution in [0.5, 0.6) is 0 Å². The van der Waals surface area contributed by atoms with Crippen molar-refractivity contribution in [2.24, 2.45) is 11.7 Å². The van der Waals surface area contributed by atoms with Crippen molar-refractivity contribution in [3.05, 3.63) is 46.5 Å². The molecule has 1 aromatic heterocycles. The Morgan fingerprint density at radius 1 is 1.43 bits per heavy atom. The smallest absolute Gasteiger partial charge is 0.247 e. The minimum Gasteiger partial charge on any atom is -0.316 e. The first kappa shape index (κ1) is 14.2. The van der Waals surface area contributed by atoms with Crippen LogP contribution in [0.4, 0.5) is 5.13 Å². The number of carbonyl (C=O) groups is 1. The van der Waals surface area contributed by atoms with Gasteiger partial charge in [0.05, 0.1) is 5.69 Å². The maximum absolute atomic E-state index is 12.2. The monoisotopic (exact) mass is 301 g/mol. The molecule has 0 fully saturated rings. The molecule has 2 atom stereocenters. The summed E-state index contributed by atoms with van der Waals surface area (Å²) in [6.45, 7) is 2.26. The molecule has 1 heterocycles. The van der Waals surface area contributed by atoms with Crippen LogP contribution in [-0.4, -0.2) is 10.9 Å². The van der Waals surface area contributed by atoms with Gasteiger partial charge in [-0.15, -0.1) is 11.3 Å². The van der Waals surface area contributed by atoms with Crippen LogP contribution in [0.2, 0.25) is 0 Å². The highest BCUT2D eigenvalue weighted by Gasteiger charge is 2.22. The zero-order chi connectivity index (χ0) is 14.8. The number of aromatic nitrogens is 1. The molecule has 0 saturated carbocycles. The Morgan fingerprint density at radius 2 is 2.19 bits per heavy atom. The fraction of sp³-hybridized carbons (Fsp3) is 0.375. The number of anilines is 1. The van der Waals surface area contributed by atoms with Crippen LogP contribution in [0.1, 0.15) is 35.5 Å². The Morgan fingerprint density at radius 3 is 2.95 bits per heavy atom. The molecule has 2 aromatic rings. The van der Waals surface area contributed by atoms with Gasteiger partial charge in [0.2, 0.25) is 5.91 Å². The molecule has 0 spiro atoms. The maximum Gasteiger partial charge on any atom is 0.247 e. The maximum atomic E-state index is 12.2. The van der Waals surface area contributed by atoms with E-state index in [0.29, 0.717) is 11.0 Å². The van der Waals surface area contributed by atoms with Crippen LogP contribution in [-0.2, 0) is 17.6 Å². The highest BCUT2D eigenvalue weighted by molar-refractivity contribution is 7.15. The quantitative estimate of drug-likeness (QED) is 0.916. The van der Waals surface area contributed by atoms with Crippen LogP contribution in [0, 0.1) is 5.92 Å². The third-order valence-corrected chi connectivity index (χ3v) is 4.89. The largest absolute Gasteiger partial charge is 0.316 e. The van der Waals surface area contributed by atoms with Crippen LogP contribution in [0.3, 0.4) is 0 Å². The Hall–Kier alpha value is -1.72. The number of nitrogens with one attached hydrogen (secondary N) is 1. The van der Waals surface area contributed by atoms with Gasteiger partial charge in [-0.05, 0) is 30.7 Å². The highest BCUT2D eigenvalue weighted by Crippen LogP contribution is 2.32. The van der Waals surface area contributed by atoms with E-state index >= 15 is 0 Å². The molecule has 0 aliphatic heterocycles. The number of hydrogen-bond acceptors (Lipinski definition) is 4. The average Bonchev–Trinajstić information content (AvgIpc) is 2.88. The van der Waals surface area contributed by atoms with E-state index in [-0.39, 0.29) is 5.91 Å². The van der Waals surface area contributed by atoms with Crippen molar-refractivity contribution in [2.75, 3.05) is 5.32 Å². The van der Waals surface area contributed by atoms with Gasteiger partial charge < -0.3 is 11.1 Å². The zero-order valence-electron chi connectivity index (χ0n) is 12.0. The van der Waals surface area contributed by atoms with Gasteiger partial charge >= 0.3 is 0 Å². The SMILES string of the molecule is CC1CCc2nc(NC(=O)C(N)c3ccccc3)sc2C1. The molecular weight excluding hydrogens is 282 g/mol. The van der Waals surface area contributed by atoms with E-state index in [2.05, 4.69) is 17.2 Å². The average molecular weight is 301 g/mol. The molecule has 1 amide bonds. The van der Waals surface area contributed by atoms with E-state index in [1.165, 1.54) is 11.3 Å². The van der Waals surface area contributed by atoms with Gasteiger partial charge in [-0.25, -0.2) is 4.98 Å². The Bertz CT molecular complexity index is 638. The third-order valence-electron chi connectivity index (χ3n) is 3.86. The molecule has 1 aliphatic rings. The minimum atomic E-state index is -0.661. The lowest BCUT2D eigenvalue weighted by atomic mass is 9.93. The van der Waals surface area contributed by atoms with Gasteiger partial charge in [-0.3, -0.25) is 4.79 Å². The predicted octanol–water partition coefficient (Wildman–Crippen LogP) is 2.91. The number of rotatable bonds is 3. The summed E-state index contributed by atoms with van der Waals surface area (Å²) in [4.78, 5) is 18.1.